The van der Waals surface area contributed by atoms with Crippen molar-refractivity contribution in [3.63, 3.8) is 0 Å². The van der Waals surface area contributed by atoms with Gasteiger partial charge in [-0.2, -0.15) is 0 Å². The minimum absolute atomic E-state index is 0.321. The maximum atomic E-state index is 3.91. The number of nitrogens with one attached hydrogen (secondary N) is 1. The Balaban J connectivity index is 2.10. The van der Waals surface area contributed by atoms with Crippen LogP contribution in [0.2, 0.25) is 0 Å². The average molecular weight is 222 g/mol. The highest BCUT2D eigenvalue weighted by atomic mass is 15.3. The van der Waals surface area contributed by atoms with Crippen LogP contribution in [0, 0.1) is 0 Å². The number of hydrogen-bond donors (Lipinski definition) is 1. The van der Waals surface area contributed by atoms with Crippen LogP contribution in [0.15, 0.2) is 12.7 Å². The molecule has 2 aliphatic rings. The fraction of sp³-hybridized carbons (Fsp3) is 0.857. The smallest absolute Gasteiger partial charge is 0.0309 e. The molecule has 1 saturated heterocycles. The molecular weight excluding hydrogens is 196 g/mol. The molecule has 0 aromatic rings. The number of piperazine rings is 1. The van der Waals surface area contributed by atoms with E-state index < -0.39 is 0 Å². The topological polar surface area (TPSA) is 15.3 Å². The van der Waals surface area contributed by atoms with E-state index in [0.29, 0.717) is 11.1 Å². The molecule has 0 bridgehead atoms. The van der Waals surface area contributed by atoms with Crippen LogP contribution in [0.25, 0.3) is 0 Å². The lowest BCUT2D eigenvalue weighted by molar-refractivity contribution is 0.0239. The highest BCUT2D eigenvalue weighted by Crippen LogP contribution is 2.36. The lowest BCUT2D eigenvalue weighted by Crippen LogP contribution is -2.68. The standard InChI is InChI=1S/C14H26N2/c1-4-10-16-12-14(8-6-7-9-14)15-11-13(16,3)5-2/h4,15H,1,5-12H2,2-3H3. The number of nitrogens with zero attached hydrogens (tertiary/aromatic N) is 1. The molecule has 0 amide bonds. The molecule has 92 valence electrons. The summed E-state index contributed by atoms with van der Waals surface area (Å²) in [6.45, 7) is 12.0. The lowest BCUT2D eigenvalue weighted by atomic mass is 9.85. The minimum atomic E-state index is 0.321. The fourth-order valence-electron chi connectivity index (χ4n) is 3.28. The summed E-state index contributed by atoms with van der Waals surface area (Å²) in [5.41, 5.74) is 0.750. The molecule has 2 nitrogen and oxygen atoms in total. The first-order valence-corrected chi connectivity index (χ1v) is 6.75. The molecular formula is C14H26N2. The summed E-state index contributed by atoms with van der Waals surface area (Å²) in [4.78, 5) is 2.64. The van der Waals surface area contributed by atoms with Gasteiger partial charge < -0.3 is 5.32 Å². The van der Waals surface area contributed by atoms with Crippen LogP contribution in [0.4, 0.5) is 0 Å². The molecule has 2 fully saturated rings. The highest BCUT2D eigenvalue weighted by Gasteiger charge is 2.44. The molecule has 1 aliphatic heterocycles. The van der Waals surface area contributed by atoms with Crippen molar-refractivity contribution in [1.82, 2.24) is 10.2 Å². The summed E-state index contributed by atoms with van der Waals surface area (Å²) < 4.78 is 0. The van der Waals surface area contributed by atoms with Gasteiger partial charge in [0.15, 0.2) is 0 Å². The van der Waals surface area contributed by atoms with E-state index in [0.717, 1.165) is 13.1 Å². The molecule has 2 heteroatoms. The molecule has 0 aromatic carbocycles. The van der Waals surface area contributed by atoms with Gasteiger partial charge in [-0.1, -0.05) is 25.8 Å². The van der Waals surface area contributed by atoms with Gasteiger partial charge in [-0.25, -0.2) is 0 Å². The van der Waals surface area contributed by atoms with Crippen LogP contribution in [0.1, 0.15) is 46.0 Å². The van der Waals surface area contributed by atoms with Crippen molar-refractivity contribution in [2.24, 2.45) is 0 Å². The zero-order chi connectivity index (χ0) is 11.6. The Kier molecular flexibility index (Phi) is 3.41. The highest BCUT2D eigenvalue weighted by molar-refractivity contribution is 5.06. The zero-order valence-corrected chi connectivity index (χ0v) is 10.9. The van der Waals surface area contributed by atoms with Crippen LogP contribution >= 0.6 is 0 Å². The average Bonchev–Trinajstić information content (AvgIpc) is 2.73. The maximum absolute atomic E-state index is 3.91. The first-order chi connectivity index (χ1) is 7.64. The van der Waals surface area contributed by atoms with E-state index in [9.17, 15) is 0 Å². The van der Waals surface area contributed by atoms with Crippen LogP contribution in [0.5, 0.6) is 0 Å². The molecule has 1 N–H and O–H groups in total. The first-order valence-electron chi connectivity index (χ1n) is 6.75. The molecule has 1 heterocycles. The second-order valence-electron chi connectivity index (χ2n) is 5.86. The molecule has 1 unspecified atom stereocenters. The summed E-state index contributed by atoms with van der Waals surface area (Å²) in [6.07, 6.45) is 8.79. The molecule has 0 radical (unpaired) electrons. The van der Waals surface area contributed by atoms with Gasteiger partial charge >= 0.3 is 0 Å². The number of rotatable bonds is 3. The Morgan fingerprint density at radius 1 is 1.38 bits per heavy atom. The van der Waals surface area contributed by atoms with Crippen LogP contribution in [-0.2, 0) is 0 Å². The van der Waals surface area contributed by atoms with Crippen molar-refractivity contribution in [2.45, 2.75) is 57.0 Å². The molecule has 2 rings (SSSR count). The Morgan fingerprint density at radius 3 is 2.62 bits per heavy atom. The Labute approximate surface area is 100 Å². The second kappa shape index (κ2) is 4.50. The first kappa shape index (κ1) is 12.1. The van der Waals surface area contributed by atoms with Crippen LogP contribution in [0.3, 0.4) is 0 Å². The van der Waals surface area contributed by atoms with Gasteiger partial charge in [0.2, 0.25) is 0 Å². The van der Waals surface area contributed by atoms with E-state index in [2.05, 4.69) is 36.7 Å². The van der Waals surface area contributed by atoms with E-state index in [1.54, 1.807) is 0 Å². The predicted molar refractivity (Wildman–Crippen MR) is 69.7 cm³/mol. The fourth-order valence-corrected chi connectivity index (χ4v) is 3.28. The van der Waals surface area contributed by atoms with Crippen LogP contribution in [-0.4, -0.2) is 35.6 Å². The third-order valence-corrected chi connectivity index (χ3v) is 4.77. The molecule has 0 aromatic heterocycles. The van der Waals surface area contributed by atoms with E-state index >= 15 is 0 Å². The van der Waals surface area contributed by atoms with Crippen molar-refractivity contribution >= 4 is 0 Å². The van der Waals surface area contributed by atoms with Gasteiger partial charge in [0.1, 0.15) is 0 Å². The summed E-state index contributed by atoms with van der Waals surface area (Å²) in [7, 11) is 0. The van der Waals surface area contributed by atoms with E-state index in [1.807, 2.05) is 0 Å². The SMILES string of the molecule is C=CCN1CC2(CCCC2)NCC1(C)CC. The molecule has 1 saturated carbocycles. The van der Waals surface area contributed by atoms with Crippen molar-refractivity contribution in [3.05, 3.63) is 12.7 Å². The van der Waals surface area contributed by atoms with Gasteiger partial charge in [-0.15, -0.1) is 6.58 Å². The summed E-state index contributed by atoms with van der Waals surface area (Å²) >= 11 is 0. The quantitative estimate of drug-likeness (QED) is 0.738. The van der Waals surface area contributed by atoms with Gasteiger partial charge in [0.25, 0.3) is 0 Å². The van der Waals surface area contributed by atoms with Gasteiger partial charge in [-0.05, 0) is 26.2 Å². The maximum Gasteiger partial charge on any atom is 0.0309 e. The summed E-state index contributed by atoms with van der Waals surface area (Å²) in [5.74, 6) is 0. The van der Waals surface area contributed by atoms with E-state index in [-0.39, 0.29) is 0 Å². The summed E-state index contributed by atoms with van der Waals surface area (Å²) in [5, 5.41) is 3.85. The van der Waals surface area contributed by atoms with Crippen molar-refractivity contribution in [3.8, 4) is 0 Å². The zero-order valence-electron chi connectivity index (χ0n) is 10.9. The monoisotopic (exact) mass is 222 g/mol. The Hall–Kier alpha value is -0.340. The summed E-state index contributed by atoms with van der Waals surface area (Å²) in [6, 6.07) is 0. The molecule has 1 aliphatic carbocycles. The lowest BCUT2D eigenvalue weighted by Gasteiger charge is -2.52. The van der Waals surface area contributed by atoms with Gasteiger partial charge in [-0.3, -0.25) is 4.90 Å². The molecule has 1 spiro atoms. The third kappa shape index (κ3) is 2.05. The minimum Gasteiger partial charge on any atom is -0.308 e. The van der Waals surface area contributed by atoms with E-state index in [4.69, 9.17) is 0 Å². The van der Waals surface area contributed by atoms with Crippen LogP contribution < -0.4 is 5.32 Å². The predicted octanol–water partition coefficient (Wildman–Crippen LogP) is 2.56. The number of hydrogen-bond acceptors (Lipinski definition) is 2. The van der Waals surface area contributed by atoms with Gasteiger partial charge in [0.05, 0.1) is 0 Å². The molecule has 1 atom stereocenters. The molecule has 16 heavy (non-hydrogen) atoms. The normalized spacial score (nSPS) is 34.4. The largest absolute Gasteiger partial charge is 0.308 e. The van der Waals surface area contributed by atoms with Crippen molar-refractivity contribution in [2.75, 3.05) is 19.6 Å². The Bertz CT molecular complexity index is 255. The van der Waals surface area contributed by atoms with Crippen molar-refractivity contribution < 1.29 is 0 Å². The Morgan fingerprint density at radius 2 is 2.06 bits per heavy atom. The third-order valence-electron chi connectivity index (χ3n) is 4.77. The van der Waals surface area contributed by atoms with E-state index in [1.165, 1.54) is 38.6 Å². The van der Waals surface area contributed by atoms with Crippen molar-refractivity contribution in [1.29, 1.82) is 0 Å². The second-order valence-corrected chi connectivity index (χ2v) is 5.86. The van der Waals surface area contributed by atoms with Gasteiger partial charge in [0, 0.05) is 30.7 Å².